The van der Waals surface area contributed by atoms with Crippen molar-refractivity contribution in [3.8, 4) is 22.6 Å². The van der Waals surface area contributed by atoms with Crippen molar-refractivity contribution in [3.05, 3.63) is 82.9 Å². The van der Waals surface area contributed by atoms with Crippen LogP contribution in [0.15, 0.2) is 81.2 Å². The van der Waals surface area contributed by atoms with Crippen LogP contribution in [0, 0.1) is 0 Å². The summed E-state index contributed by atoms with van der Waals surface area (Å²) < 4.78 is 10.6. The van der Waals surface area contributed by atoms with Crippen LogP contribution in [0.4, 0.5) is 0 Å². The maximum Gasteiger partial charge on any atom is 0.226 e. The number of thioether (sulfide) groups is 1. The highest BCUT2D eigenvalue weighted by molar-refractivity contribution is 7.98. The van der Waals surface area contributed by atoms with E-state index in [1.54, 1.807) is 7.11 Å². The third kappa shape index (κ3) is 3.73. The van der Waals surface area contributed by atoms with Gasteiger partial charge < -0.3 is 14.3 Å². The zero-order valence-corrected chi connectivity index (χ0v) is 15.9. The smallest absolute Gasteiger partial charge is 0.226 e. The van der Waals surface area contributed by atoms with E-state index in [9.17, 15) is 9.90 Å². The number of hydrogen-bond acceptors (Lipinski definition) is 6. The van der Waals surface area contributed by atoms with Crippen molar-refractivity contribution in [1.29, 1.82) is 0 Å². The Labute approximate surface area is 165 Å². The van der Waals surface area contributed by atoms with E-state index in [-0.39, 0.29) is 0 Å². The lowest BCUT2D eigenvalue weighted by Crippen LogP contribution is -1.99. The van der Waals surface area contributed by atoms with Crippen LogP contribution in [-0.4, -0.2) is 17.2 Å². The molecule has 2 aromatic carbocycles. The van der Waals surface area contributed by atoms with Gasteiger partial charge in [0.2, 0.25) is 5.43 Å². The van der Waals surface area contributed by atoms with Crippen LogP contribution in [0.3, 0.4) is 0 Å². The summed E-state index contributed by atoms with van der Waals surface area (Å²) in [7, 11) is 1.63. The molecular formula is C22H17NO4S. The van der Waals surface area contributed by atoms with Gasteiger partial charge in [-0.05, 0) is 29.3 Å². The summed E-state index contributed by atoms with van der Waals surface area (Å²) in [6.07, 6.45) is 1.06. The molecule has 2 heterocycles. The highest BCUT2D eigenvalue weighted by Gasteiger charge is 2.11. The molecule has 0 saturated carbocycles. The number of hydrogen-bond donors (Lipinski definition) is 1. The van der Waals surface area contributed by atoms with Crippen LogP contribution in [0.25, 0.3) is 22.0 Å². The standard InChI is InChI=1S/C22H17NO4S/c1-26-15-7-8-17-18(14-5-3-2-4-6-14)11-22(23-19(17)9-15)28-13-16-10-20(24)21(25)12-27-16/h2-12,25H,13H2,1H3. The maximum atomic E-state index is 11.6. The van der Waals surface area contributed by atoms with Gasteiger partial charge in [0, 0.05) is 17.5 Å². The molecule has 0 radical (unpaired) electrons. The Balaban J connectivity index is 1.75. The van der Waals surface area contributed by atoms with Crippen molar-refractivity contribution < 1.29 is 14.3 Å². The Morgan fingerprint density at radius 2 is 1.93 bits per heavy atom. The van der Waals surface area contributed by atoms with Crippen molar-refractivity contribution in [3.63, 3.8) is 0 Å². The van der Waals surface area contributed by atoms with Crippen molar-refractivity contribution in [2.24, 2.45) is 0 Å². The second-order valence-corrected chi connectivity index (χ2v) is 7.14. The van der Waals surface area contributed by atoms with Gasteiger partial charge in [-0.3, -0.25) is 4.79 Å². The summed E-state index contributed by atoms with van der Waals surface area (Å²) in [5.41, 5.74) is 2.54. The lowest BCUT2D eigenvalue weighted by atomic mass is 10.0. The fourth-order valence-corrected chi connectivity index (χ4v) is 3.71. The number of rotatable bonds is 5. The summed E-state index contributed by atoms with van der Waals surface area (Å²) >= 11 is 1.46. The molecular weight excluding hydrogens is 374 g/mol. The van der Waals surface area contributed by atoms with Crippen molar-refractivity contribution >= 4 is 22.7 Å². The quantitative estimate of drug-likeness (QED) is 0.490. The molecule has 1 N–H and O–H groups in total. The molecule has 0 aliphatic rings. The first-order chi connectivity index (χ1) is 13.6. The Morgan fingerprint density at radius 3 is 2.68 bits per heavy atom. The molecule has 0 atom stereocenters. The monoisotopic (exact) mass is 391 g/mol. The molecule has 0 amide bonds. The second kappa shape index (κ2) is 7.78. The summed E-state index contributed by atoms with van der Waals surface area (Å²) in [5, 5.41) is 11.2. The number of benzene rings is 2. The van der Waals surface area contributed by atoms with Crippen molar-refractivity contribution in [1.82, 2.24) is 4.98 Å². The van der Waals surface area contributed by atoms with Gasteiger partial charge in [0.25, 0.3) is 0 Å². The molecule has 0 unspecified atom stereocenters. The summed E-state index contributed by atoms with van der Waals surface area (Å²) in [6, 6.07) is 19.3. The summed E-state index contributed by atoms with van der Waals surface area (Å²) in [5.74, 6) is 1.25. The van der Waals surface area contributed by atoms with Crippen LogP contribution >= 0.6 is 11.8 Å². The van der Waals surface area contributed by atoms with Gasteiger partial charge in [0.05, 0.1) is 23.4 Å². The molecule has 0 aliphatic heterocycles. The topological polar surface area (TPSA) is 72.6 Å². The minimum Gasteiger partial charge on any atom is -0.502 e. The summed E-state index contributed by atoms with van der Waals surface area (Å²) in [6.45, 7) is 0. The number of fused-ring (bicyclic) bond motifs is 1. The molecule has 0 aliphatic carbocycles. The first kappa shape index (κ1) is 18.1. The molecule has 4 rings (SSSR count). The SMILES string of the molecule is COc1ccc2c(-c3ccccc3)cc(SCc3cc(=O)c(O)co3)nc2c1. The Bertz CT molecular complexity index is 1190. The van der Waals surface area contributed by atoms with Gasteiger partial charge in [0.15, 0.2) is 5.75 Å². The lowest BCUT2D eigenvalue weighted by molar-refractivity contribution is 0.415. The predicted molar refractivity (Wildman–Crippen MR) is 110 cm³/mol. The van der Waals surface area contributed by atoms with Crippen molar-refractivity contribution in [2.45, 2.75) is 10.8 Å². The molecule has 4 aromatic rings. The van der Waals surface area contributed by atoms with Gasteiger partial charge in [-0.2, -0.15) is 0 Å². The van der Waals surface area contributed by atoms with E-state index in [0.717, 1.165) is 39.1 Å². The average Bonchev–Trinajstić information content (AvgIpc) is 2.74. The molecule has 0 spiro atoms. The highest BCUT2D eigenvalue weighted by Crippen LogP contribution is 2.34. The Kier molecular flexibility index (Phi) is 5.04. The minimum atomic E-state index is -0.456. The second-order valence-electron chi connectivity index (χ2n) is 6.14. The van der Waals surface area contributed by atoms with E-state index in [1.807, 2.05) is 42.5 Å². The highest BCUT2D eigenvalue weighted by atomic mass is 32.2. The average molecular weight is 391 g/mol. The number of nitrogens with zero attached hydrogens (tertiary/aromatic N) is 1. The molecule has 0 saturated heterocycles. The number of aromatic hydroxyl groups is 1. The van der Waals surface area contributed by atoms with Gasteiger partial charge >= 0.3 is 0 Å². The van der Waals surface area contributed by atoms with Crippen LogP contribution in [0.2, 0.25) is 0 Å². The van der Waals surface area contributed by atoms with Crippen LogP contribution < -0.4 is 10.2 Å². The first-order valence-corrected chi connectivity index (χ1v) is 9.60. The first-order valence-electron chi connectivity index (χ1n) is 8.62. The molecule has 5 nitrogen and oxygen atoms in total. The summed E-state index contributed by atoms with van der Waals surface area (Å²) in [4.78, 5) is 16.3. The van der Waals surface area contributed by atoms with E-state index in [4.69, 9.17) is 14.1 Å². The number of ether oxygens (including phenoxy) is 1. The van der Waals surface area contributed by atoms with Gasteiger partial charge in [0.1, 0.15) is 17.8 Å². The normalized spacial score (nSPS) is 10.9. The molecule has 140 valence electrons. The fraction of sp³-hybridized carbons (Fsp3) is 0.0909. The van der Waals surface area contributed by atoms with E-state index in [2.05, 4.69) is 12.1 Å². The zero-order valence-electron chi connectivity index (χ0n) is 15.1. The van der Waals surface area contributed by atoms with Crippen LogP contribution in [-0.2, 0) is 5.75 Å². The Hall–Kier alpha value is -3.25. The molecule has 6 heteroatoms. The largest absolute Gasteiger partial charge is 0.502 e. The molecule has 0 bridgehead atoms. The third-order valence-corrected chi connectivity index (χ3v) is 5.24. The number of methoxy groups -OCH3 is 1. The van der Waals surface area contributed by atoms with E-state index in [1.165, 1.54) is 17.8 Å². The van der Waals surface area contributed by atoms with E-state index < -0.39 is 11.2 Å². The number of pyridine rings is 1. The van der Waals surface area contributed by atoms with E-state index in [0.29, 0.717) is 11.5 Å². The zero-order chi connectivity index (χ0) is 19.5. The lowest BCUT2D eigenvalue weighted by Gasteiger charge is -2.11. The molecule has 2 aromatic heterocycles. The third-order valence-electron chi connectivity index (χ3n) is 4.31. The van der Waals surface area contributed by atoms with Crippen LogP contribution in [0.1, 0.15) is 5.76 Å². The van der Waals surface area contributed by atoms with E-state index >= 15 is 0 Å². The molecule has 28 heavy (non-hydrogen) atoms. The Morgan fingerprint density at radius 1 is 1.11 bits per heavy atom. The van der Waals surface area contributed by atoms with Crippen LogP contribution in [0.5, 0.6) is 11.5 Å². The predicted octanol–water partition coefficient (Wildman–Crippen LogP) is 4.86. The maximum absolute atomic E-state index is 11.6. The van der Waals surface area contributed by atoms with Gasteiger partial charge in [-0.15, -0.1) is 0 Å². The fourth-order valence-electron chi connectivity index (χ4n) is 2.91. The molecule has 0 fully saturated rings. The minimum absolute atomic E-state index is 0.393. The van der Waals surface area contributed by atoms with Gasteiger partial charge in [-0.25, -0.2) is 4.98 Å². The van der Waals surface area contributed by atoms with Crippen molar-refractivity contribution in [2.75, 3.05) is 7.11 Å². The number of aromatic nitrogens is 1. The van der Waals surface area contributed by atoms with Gasteiger partial charge in [-0.1, -0.05) is 42.1 Å².